The number of fused-ring (bicyclic) bond motifs is 1. The van der Waals surface area contributed by atoms with Gasteiger partial charge in [-0.2, -0.15) is 0 Å². The number of hydrogen-bond donors (Lipinski definition) is 1. The second kappa shape index (κ2) is 9.37. The maximum Gasteiger partial charge on any atom is 0.193 e. The summed E-state index contributed by atoms with van der Waals surface area (Å²) < 4.78 is 6.06. The summed E-state index contributed by atoms with van der Waals surface area (Å²) >= 11 is 0. The van der Waals surface area contributed by atoms with Crippen LogP contribution >= 0.6 is 24.0 Å². The van der Waals surface area contributed by atoms with Crippen LogP contribution in [0.5, 0.6) is 0 Å². The Kier molecular flexibility index (Phi) is 7.17. The molecule has 3 fully saturated rings. The van der Waals surface area contributed by atoms with Gasteiger partial charge in [0.05, 0.1) is 12.7 Å². The van der Waals surface area contributed by atoms with Crippen LogP contribution in [0.2, 0.25) is 0 Å². The van der Waals surface area contributed by atoms with Crippen molar-refractivity contribution in [3.63, 3.8) is 0 Å². The number of aliphatic imine (C=N–C) groups is 1. The van der Waals surface area contributed by atoms with Crippen LogP contribution in [0.1, 0.15) is 30.7 Å². The summed E-state index contributed by atoms with van der Waals surface area (Å²) in [5, 5.41) is 3.56. The summed E-state index contributed by atoms with van der Waals surface area (Å²) in [4.78, 5) is 9.50. The van der Waals surface area contributed by atoms with Crippen LogP contribution in [0.3, 0.4) is 0 Å². The van der Waals surface area contributed by atoms with Crippen LogP contribution in [0.25, 0.3) is 0 Å². The predicted octanol–water partition coefficient (Wildman–Crippen LogP) is 2.53. The van der Waals surface area contributed by atoms with Crippen molar-refractivity contribution < 1.29 is 4.74 Å². The van der Waals surface area contributed by atoms with E-state index >= 15 is 0 Å². The molecule has 3 saturated heterocycles. The monoisotopic (exact) mass is 470 g/mol. The van der Waals surface area contributed by atoms with Gasteiger partial charge in [0.2, 0.25) is 0 Å². The number of nitrogens with zero attached hydrogens (tertiary/aromatic N) is 3. The summed E-state index contributed by atoms with van der Waals surface area (Å²) in [7, 11) is 1.89. The van der Waals surface area contributed by atoms with Gasteiger partial charge in [-0.15, -0.1) is 24.0 Å². The van der Waals surface area contributed by atoms with Gasteiger partial charge in [0, 0.05) is 45.2 Å². The molecule has 3 atom stereocenters. The minimum atomic E-state index is 0. The second-order valence-corrected chi connectivity index (χ2v) is 7.52. The molecule has 3 unspecified atom stereocenters. The van der Waals surface area contributed by atoms with Gasteiger partial charge in [0.25, 0.3) is 0 Å². The molecule has 5 nitrogen and oxygen atoms in total. The number of likely N-dealkylation sites (tertiary alicyclic amines) is 1. The van der Waals surface area contributed by atoms with E-state index in [0.717, 1.165) is 38.7 Å². The number of ether oxygens (including phenoxy) is 1. The van der Waals surface area contributed by atoms with Gasteiger partial charge in [-0.1, -0.05) is 30.3 Å². The number of halogens is 1. The van der Waals surface area contributed by atoms with E-state index in [1.807, 2.05) is 7.05 Å². The molecule has 0 bridgehead atoms. The standard InChI is InChI=1S/C20H30N4O.HI/c1-21-20(22-12-19-14-23-10-5-8-18(23)15-25-19)24-11-9-17(13-24)16-6-3-2-4-7-16;/h2-4,6-7,17-19H,5,8-15H2,1H3,(H,21,22);1H. The van der Waals surface area contributed by atoms with E-state index in [0.29, 0.717) is 12.0 Å². The van der Waals surface area contributed by atoms with E-state index in [1.165, 1.54) is 31.4 Å². The zero-order valence-electron chi connectivity index (χ0n) is 15.6. The van der Waals surface area contributed by atoms with Crippen molar-refractivity contribution in [2.45, 2.75) is 37.3 Å². The average Bonchev–Trinajstić information content (AvgIpc) is 3.32. The Morgan fingerprint density at radius 2 is 2.04 bits per heavy atom. The molecule has 0 amide bonds. The van der Waals surface area contributed by atoms with Crippen LogP contribution in [-0.4, -0.2) is 74.3 Å². The number of morpholine rings is 1. The van der Waals surface area contributed by atoms with Gasteiger partial charge in [0.1, 0.15) is 0 Å². The van der Waals surface area contributed by atoms with Gasteiger partial charge in [-0.05, 0) is 31.4 Å². The third kappa shape index (κ3) is 4.51. The van der Waals surface area contributed by atoms with Crippen LogP contribution in [0.15, 0.2) is 35.3 Å². The molecule has 0 aliphatic carbocycles. The Bertz CT molecular complexity index is 597. The first-order valence-electron chi connectivity index (χ1n) is 9.69. The largest absolute Gasteiger partial charge is 0.373 e. The smallest absolute Gasteiger partial charge is 0.193 e. The molecule has 6 heteroatoms. The minimum Gasteiger partial charge on any atom is -0.373 e. The molecule has 1 N–H and O–H groups in total. The Hall–Kier alpha value is -0.860. The van der Waals surface area contributed by atoms with E-state index in [2.05, 4.69) is 50.4 Å². The summed E-state index contributed by atoms with van der Waals surface area (Å²) in [5.74, 6) is 1.63. The van der Waals surface area contributed by atoms with Gasteiger partial charge in [-0.25, -0.2) is 0 Å². The van der Waals surface area contributed by atoms with Crippen LogP contribution in [-0.2, 0) is 4.74 Å². The van der Waals surface area contributed by atoms with Crippen LogP contribution < -0.4 is 5.32 Å². The summed E-state index contributed by atoms with van der Waals surface area (Å²) in [6.07, 6.45) is 4.10. The fourth-order valence-corrected chi connectivity index (χ4v) is 4.50. The lowest BCUT2D eigenvalue weighted by Gasteiger charge is -2.35. The lowest BCUT2D eigenvalue weighted by molar-refractivity contribution is -0.0454. The average molecular weight is 470 g/mol. The Labute approximate surface area is 174 Å². The molecule has 1 aromatic rings. The normalized spacial score (nSPS) is 29.3. The van der Waals surface area contributed by atoms with Crippen LogP contribution in [0, 0.1) is 0 Å². The molecule has 3 aliphatic rings. The fraction of sp³-hybridized carbons (Fsp3) is 0.650. The molecule has 0 radical (unpaired) electrons. The van der Waals surface area contributed by atoms with Crippen molar-refractivity contribution in [3.05, 3.63) is 35.9 Å². The molecule has 1 aromatic carbocycles. The van der Waals surface area contributed by atoms with Gasteiger partial charge >= 0.3 is 0 Å². The zero-order valence-corrected chi connectivity index (χ0v) is 18.0. The van der Waals surface area contributed by atoms with E-state index in [4.69, 9.17) is 4.74 Å². The predicted molar refractivity (Wildman–Crippen MR) is 116 cm³/mol. The molecule has 3 heterocycles. The summed E-state index contributed by atoms with van der Waals surface area (Å²) in [6, 6.07) is 11.5. The molecule has 26 heavy (non-hydrogen) atoms. The molecular formula is C20H31IN4O. The Morgan fingerprint density at radius 3 is 2.85 bits per heavy atom. The molecule has 0 spiro atoms. The first-order valence-corrected chi connectivity index (χ1v) is 9.69. The summed E-state index contributed by atoms with van der Waals surface area (Å²) in [6.45, 7) is 6.15. The lowest BCUT2D eigenvalue weighted by Crippen LogP contribution is -2.51. The van der Waals surface area contributed by atoms with Gasteiger partial charge in [0.15, 0.2) is 5.96 Å². The maximum absolute atomic E-state index is 6.06. The Balaban J connectivity index is 0.00000196. The summed E-state index contributed by atoms with van der Waals surface area (Å²) in [5.41, 5.74) is 1.44. The minimum absolute atomic E-state index is 0. The van der Waals surface area contributed by atoms with Crippen molar-refractivity contribution in [3.8, 4) is 0 Å². The molecule has 144 valence electrons. The van der Waals surface area contributed by atoms with Gasteiger partial charge < -0.3 is 15.0 Å². The molecule has 4 rings (SSSR count). The highest BCUT2D eigenvalue weighted by molar-refractivity contribution is 14.0. The zero-order chi connectivity index (χ0) is 17.1. The van der Waals surface area contributed by atoms with Crippen molar-refractivity contribution in [2.24, 2.45) is 4.99 Å². The molecule has 0 aromatic heterocycles. The Morgan fingerprint density at radius 1 is 1.19 bits per heavy atom. The third-order valence-electron chi connectivity index (χ3n) is 5.92. The van der Waals surface area contributed by atoms with Crippen molar-refractivity contribution >= 4 is 29.9 Å². The van der Waals surface area contributed by atoms with E-state index in [9.17, 15) is 0 Å². The van der Waals surface area contributed by atoms with Crippen molar-refractivity contribution in [1.29, 1.82) is 0 Å². The van der Waals surface area contributed by atoms with E-state index in [1.54, 1.807) is 0 Å². The number of hydrogen-bond acceptors (Lipinski definition) is 3. The van der Waals surface area contributed by atoms with E-state index < -0.39 is 0 Å². The quantitative estimate of drug-likeness (QED) is 0.419. The number of guanidine groups is 1. The highest BCUT2D eigenvalue weighted by atomic mass is 127. The number of benzene rings is 1. The van der Waals surface area contributed by atoms with Gasteiger partial charge in [-0.3, -0.25) is 9.89 Å². The van der Waals surface area contributed by atoms with E-state index in [-0.39, 0.29) is 30.1 Å². The third-order valence-corrected chi connectivity index (χ3v) is 5.92. The van der Waals surface area contributed by atoms with Crippen molar-refractivity contribution in [2.75, 3.05) is 46.4 Å². The second-order valence-electron chi connectivity index (χ2n) is 7.52. The SMILES string of the molecule is CN=C(NCC1CN2CCCC2CO1)N1CCC(c2ccccc2)C1.I. The highest BCUT2D eigenvalue weighted by Crippen LogP contribution is 2.27. The molecule has 3 aliphatic heterocycles. The maximum atomic E-state index is 6.06. The molecular weight excluding hydrogens is 439 g/mol. The number of rotatable bonds is 3. The lowest BCUT2D eigenvalue weighted by atomic mass is 9.99. The first kappa shape index (κ1) is 19.9. The highest BCUT2D eigenvalue weighted by Gasteiger charge is 2.32. The van der Waals surface area contributed by atoms with Crippen molar-refractivity contribution in [1.82, 2.24) is 15.1 Å². The fourth-order valence-electron chi connectivity index (χ4n) is 4.50. The topological polar surface area (TPSA) is 40.1 Å². The first-order chi connectivity index (χ1) is 12.3. The molecule has 0 saturated carbocycles. The van der Waals surface area contributed by atoms with Crippen LogP contribution in [0.4, 0.5) is 0 Å². The number of nitrogens with one attached hydrogen (secondary N) is 1.